The first-order valence-corrected chi connectivity index (χ1v) is 21.9. The van der Waals surface area contributed by atoms with Gasteiger partial charge in [0, 0.05) is 30.1 Å². The molecule has 1 aromatic rings. The summed E-state index contributed by atoms with van der Waals surface area (Å²) in [5, 5.41) is 121. The molecule has 390 valence electrons. The normalized spacial score (nSPS) is 32.4. The molecule has 23 heteroatoms. The summed E-state index contributed by atoms with van der Waals surface area (Å²) in [7, 11) is 0. The van der Waals surface area contributed by atoms with Crippen molar-refractivity contribution in [2.45, 2.75) is 126 Å². The summed E-state index contributed by atoms with van der Waals surface area (Å²) < 4.78 is 26.6. The van der Waals surface area contributed by atoms with Crippen LogP contribution in [0.5, 0.6) is 11.5 Å². The van der Waals surface area contributed by atoms with Crippen molar-refractivity contribution < 1.29 is 114 Å². The summed E-state index contributed by atoms with van der Waals surface area (Å²) in [5.74, 6) is -5.53. The monoisotopic (exact) mass is 1000 g/mol. The molecule has 14 atom stereocenters. The molecule has 23 nitrogen and oxygen atoms in total. The van der Waals surface area contributed by atoms with Gasteiger partial charge in [0.1, 0.15) is 54.9 Å². The SMILES string of the molecule is CC(=C/C=C/C=C(C)/C=C/C=C(\C)C(=O)O[C@@H]1O[C@H](CO[C@@H]2O[C@H](CO)[C@@H](O)[C@H](O)[C@H]2O)[C@@H](O)[C@H](O)[C@H]1O)/C=C/C=C(\C)C(=O)OO[C@@H]1[C@H](O)C[C@@](O)(C(=O)O)C[C@H]1OC(=O)/C=C/c1ccc(O)c(O)c1. The molecular weight excluding hydrogens is 945 g/mol. The summed E-state index contributed by atoms with van der Waals surface area (Å²) in [6, 6.07) is 3.71. The maximum absolute atomic E-state index is 12.8. The largest absolute Gasteiger partial charge is 0.504 e. The van der Waals surface area contributed by atoms with E-state index in [1.54, 1.807) is 62.5 Å². The number of carboxylic acid groups (broad SMARTS) is 1. The molecule has 3 fully saturated rings. The fourth-order valence-corrected chi connectivity index (χ4v) is 6.91. The number of carbonyl (C=O) groups excluding carboxylic acids is 3. The number of phenolic OH excluding ortho intramolecular Hbond substituents is 2. The number of allylic oxidation sites excluding steroid dienone is 12. The molecule has 0 radical (unpaired) electrons. The summed E-state index contributed by atoms with van der Waals surface area (Å²) in [6.07, 6.45) is -4.69. The van der Waals surface area contributed by atoms with E-state index in [0.29, 0.717) is 0 Å². The third-order valence-corrected chi connectivity index (χ3v) is 11.2. The Labute approximate surface area is 406 Å². The smallest absolute Gasteiger partial charge is 0.368 e. The topological polar surface area (TPSA) is 376 Å². The van der Waals surface area contributed by atoms with Crippen LogP contribution in [0.3, 0.4) is 0 Å². The van der Waals surface area contributed by atoms with E-state index in [9.17, 15) is 80.5 Å². The van der Waals surface area contributed by atoms with Gasteiger partial charge in [-0.3, -0.25) is 4.89 Å². The molecule has 12 N–H and O–H groups in total. The average molecular weight is 1000 g/mol. The number of hydrogen-bond donors (Lipinski definition) is 12. The zero-order valence-corrected chi connectivity index (χ0v) is 38.9. The number of aromatic hydroxyl groups is 2. The van der Waals surface area contributed by atoms with Gasteiger partial charge < -0.3 is 85.0 Å². The molecule has 2 aliphatic heterocycles. The highest BCUT2D eigenvalue weighted by atomic mass is 17.2. The molecule has 1 aliphatic carbocycles. The quantitative estimate of drug-likeness (QED) is 0.0207. The van der Waals surface area contributed by atoms with Crippen LogP contribution in [0, 0.1) is 0 Å². The van der Waals surface area contributed by atoms with Crippen molar-refractivity contribution >= 4 is 30.0 Å². The Bertz CT molecular complexity index is 2270. The lowest BCUT2D eigenvalue weighted by atomic mass is 9.79. The fourth-order valence-electron chi connectivity index (χ4n) is 6.91. The first-order chi connectivity index (χ1) is 33.5. The molecule has 71 heavy (non-hydrogen) atoms. The average Bonchev–Trinajstić information content (AvgIpc) is 3.32. The predicted molar refractivity (Wildman–Crippen MR) is 242 cm³/mol. The second-order valence-electron chi connectivity index (χ2n) is 16.9. The van der Waals surface area contributed by atoms with Gasteiger partial charge in [0.05, 0.1) is 19.3 Å². The molecule has 0 bridgehead atoms. The standard InChI is InChI=1S/C48H60O23/c1-24(11-7-13-26(3)43(60)69-46-41(59)39(57)37(55)34(68-46)23-65-45-40(58)38(56)36(54)33(22-49)67-45)9-5-6-10-25(2)12-8-14-27(4)44(61)71-70-42-31(52)20-48(64,47(62)63)21-32(42)66-35(53)18-16-28-15-17-29(50)30(51)19-28/h5-19,31-34,36-42,45-46,49-52,54-59,64H,20-23H2,1-4H3,(H,62,63)/b6-5+,11-7+,12-8+,18-16+,24-9+,25-10-,26-13+,27-14+/t31-,32-,33-,34-,36-,37-,38+,39+,40-,41-,42-,45-,46+,48+/m1/s1. The fraction of sp³-hybridized carbons (Fsp3) is 0.458. The first-order valence-electron chi connectivity index (χ1n) is 21.9. The van der Waals surface area contributed by atoms with Crippen LogP contribution in [0.1, 0.15) is 46.1 Å². The minimum Gasteiger partial charge on any atom is -0.504 e. The van der Waals surface area contributed by atoms with Crippen LogP contribution in [-0.4, -0.2) is 184 Å². The van der Waals surface area contributed by atoms with E-state index in [1.807, 2.05) is 0 Å². The van der Waals surface area contributed by atoms with Gasteiger partial charge in [-0.2, -0.15) is 4.89 Å². The highest BCUT2D eigenvalue weighted by Crippen LogP contribution is 2.34. The minimum absolute atomic E-state index is 0.0406. The van der Waals surface area contributed by atoms with E-state index in [1.165, 1.54) is 44.2 Å². The number of phenols is 2. The van der Waals surface area contributed by atoms with E-state index >= 15 is 0 Å². The summed E-state index contributed by atoms with van der Waals surface area (Å²) in [6.45, 7) is 5.06. The van der Waals surface area contributed by atoms with Gasteiger partial charge in [-0.15, -0.1) is 0 Å². The van der Waals surface area contributed by atoms with Crippen molar-refractivity contribution in [2.24, 2.45) is 0 Å². The zero-order valence-electron chi connectivity index (χ0n) is 38.9. The molecule has 2 heterocycles. The number of esters is 2. The van der Waals surface area contributed by atoms with Crippen molar-refractivity contribution in [1.82, 2.24) is 0 Å². The number of aliphatic hydroxyl groups excluding tert-OH is 8. The van der Waals surface area contributed by atoms with E-state index in [-0.39, 0.29) is 16.7 Å². The predicted octanol–water partition coefficient (Wildman–Crippen LogP) is -0.542. The molecule has 3 aliphatic rings. The van der Waals surface area contributed by atoms with Crippen molar-refractivity contribution in [1.29, 1.82) is 0 Å². The van der Waals surface area contributed by atoms with E-state index < -0.39 is 147 Å². The molecule has 0 aromatic heterocycles. The van der Waals surface area contributed by atoms with Crippen LogP contribution >= 0.6 is 0 Å². The van der Waals surface area contributed by atoms with E-state index in [0.717, 1.165) is 23.3 Å². The molecule has 2 saturated heterocycles. The Morgan fingerprint density at radius 2 is 1.24 bits per heavy atom. The van der Waals surface area contributed by atoms with Crippen molar-refractivity contribution in [3.63, 3.8) is 0 Å². The highest BCUT2D eigenvalue weighted by Gasteiger charge is 2.53. The van der Waals surface area contributed by atoms with Gasteiger partial charge in [0.2, 0.25) is 6.29 Å². The Kier molecular flexibility index (Phi) is 21.5. The summed E-state index contributed by atoms with van der Waals surface area (Å²) in [4.78, 5) is 60.0. The van der Waals surface area contributed by atoms with Crippen LogP contribution in [0.25, 0.3) is 6.08 Å². The van der Waals surface area contributed by atoms with Gasteiger partial charge >= 0.3 is 23.9 Å². The number of aliphatic hydroxyl groups is 9. The first kappa shape index (κ1) is 57.7. The number of hydrogen-bond acceptors (Lipinski definition) is 22. The molecule has 1 saturated carbocycles. The minimum atomic E-state index is -2.51. The van der Waals surface area contributed by atoms with Crippen LogP contribution in [0.4, 0.5) is 0 Å². The number of carbonyl (C=O) groups is 4. The van der Waals surface area contributed by atoms with Crippen molar-refractivity contribution in [3.05, 3.63) is 113 Å². The number of carboxylic acids is 1. The number of aliphatic carboxylic acids is 1. The molecule has 0 amide bonds. The van der Waals surface area contributed by atoms with Gasteiger partial charge in [0.15, 0.2) is 29.5 Å². The molecule has 4 rings (SSSR count). The lowest BCUT2D eigenvalue weighted by Gasteiger charge is -2.42. The Morgan fingerprint density at radius 1 is 0.676 bits per heavy atom. The number of benzene rings is 1. The van der Waals surface area contributed by atoms with Gasteiger partial charge in [0.25, 0.3) is 0 Å². The number of ether oxygens (including phenoxy) is 5. The highest BCUT2D eigenvalue weighted by molar-refractivity contribution is 5.89. The third-order valence-electron chi connectivity index (χ3n) is 11.2. The third kappa shape index (κ3) is 16.3. The molecule has 0 spiro atoms. The molecule has 1 aromatic carbocycles. The Morgan fingerprint density at radius 3 is 1.82 bits per heavy atom. The maximum Gasteiger partial charge on any atom is 0.368 e. The van der Waals surface area contributed by atoms with Crippen LogP contribution in [0.15, 0.2) is 107 Å². The lowest BCUT2D eigenvalue weighted by molar-refractivity contribution is -0.335. The Balaban J connectivity index is 1.25. The van der Waals surface area contributed by atoms with Crippen molar-refractivity contribution in [3.8, 4) is 11.5 Å². The second kappa shape index (κ2) is 26.5. The van der Waals surface area contributed by atoms with Crippen LogP contribution in [0.2, 0.25) is 0 Å². The second-order valence-corrected chi connectivity index (χ2v) is 16.9. The molecule has 0 unspecified atom stereocenters. The summed E-state index contributed by atoms with van der Waals surface area (Å²) in [5.41, 5.74) is -0.594. The summed E-state index contributed by atoms with van der Waals surface area (Å²) >= 11 is 0. The molecular formula is C48H60O23. The Hall–Kier alpha value is -5.90. The van der Waals surface area contributed by atoms with E-state index in [4.69, 9.17) is 33.5 Å². The number of rotatable bonds is 19. The lowest BCUT2D eigenvalue weighted by Crippen LogP contribution is -2.61. The van der Waals surface area contributed by atoms with Gasteiger partial charge in [-0.25, -0.2) is 19.2 Å². The van der Waals surface area contributed by atoms with Crippen LogP contribution in [-0.2, 0) is 52.6 Å². The maximum atomic E-state index is 12.8. The van der Waals surface area contributed by atoms with E-state index in [2.05, 4.69) is 0 Å². The van der Waals surface area contributed by atoms with Crippen molar-refractivity contribution in [2.75, 3.05) is 13.2 Å². The van der Waals surface area contributed by atoms with Gasteiger partial charge in [-0.05, 0) is 51.5 Å². The van der Waals surface area contributed by atoms with Crippen LogP contribution < -0.4 is 0 Å². The zero-order chi connectivity index (χ0) is 52.7. The van der Waals surface area contributed by atoms with Gasteiger partial charge in [-0.1, -0.05) is 78.0 Å².